The van der Waals surface area contributed by atoms with Gasteiger partial charge in [0, 0.05) is 13.6 Å². The van der Waals surface area contributed by atoms with Gasteiger partial charge in [-0.1, -0.05) is 13.8 Å². The normalized spacial score (nSPS) is 16.8. The van der Waals surface area contributed by atoms with E-state index < -0.39 is 5.41 Å². The number of carbonyl (C=O) groups excluding carboxylic acids is 2. The van der Waals surface area contributed by atoms with E-state index in [0.717, 1.165) is 19.4 Å². The van der Waals surface area contributed by atoms with E-state index in [1.165, 1.54) is 7.11 Å². The predicted molar refractivity (Wildman–Crippen MR) is 65.4 cm³/mol. The molecule has 1 saturated carbocycles. The zero-order valence-electron chi connectivity index (χ0n) is 11.3. The van der Waals surface area contributed by atoms with Crippen LogP contribution in [0.1, 0.15) is 39.5 Å². The summed E-state index contributed by atoms with van der Waals surface area (Å²) in [5.74, 6) is 0.195. The van der Waals surface area contributed by atoms with E-state index in [4.69, 9.17) is 4.74 Å². The maximum atomic E-state index is 12.1. The van der Waals surface area contributed by atoms with Gasteiger partial charge in [-0.2, -0.15) is 0 Å². The van der Waals surface area contributed by atoms with Crippen LogP contribution in [0.3, 0.4) is 0 Å². The Morgan fingerprint density at radius 3 is 2.35 bits per heavy atom. The lowest BCUT2D eigenvalue weighted by atomic mass is 10.0. The van der Waals surface area contributed by atoms with Crippen molar-refractivity contribution in [3.8, 4) is 0 Å². The lowest BCUT2D eigenvalue weighted by Crippen LogP contribution is -2.39. The molecule has 0 N–H and O–H groups in total. The summed E-state index contributed by atoms with van der Waals surface area (Å²) in [5.41, 5.74) is -0.846. The first-order chi connectivity index (χ1) is 7.94. The van der Waals surface area contributed by atoms with Crippen LogP contribution < -0.4 is 0 Å². The zero-order valence-corrected chi connectivity index (χ0v) is 11.3. The lowest BCUT2D eigenvalue weighted by Gasteiger charge is -2.22. The van der Waals surface area contributed by atoms with Crippen LogP contribution in [0.2, 0.25) is 0 Å². The van der Waals surface area contributed by atoms with Crippen molar-refractivity contribution in [3.63, 3.8) is 0 Å². The molecular weight excluding hydrogens is 218 g/mol. The number of ether oxygens (including phenoxy) is 1. The highest BCUT2D eigenvalue weighted by Crippen LogP contribution is 2.48. The van der Waals surface area contributed by atoms with Gasteiger partial charge >= 0.3 is 5.97 Å². The molecule has 0 heterocycles. The molecule has 0 saturated heterocycles. The largest absolute Gasteiger partial charge is 0.468 e. The molecule has 0 aromatic carbocycles. The summed E-state index contributed by atoms with van der Waals surface area (Å²) in [5, 5.41) is 0. The quantitative estimate of drug-likeness (QED) is 0.526. The van der Waals surface area contributed by atoms with Crippen LogP contribution in [0.25, 0.3) is 0 Å². The van der Waals surface area contributed by atoms with E-state index in [1.807, 2.05) is 0 Å². The van der Waals surface area contributed by atoms with Crippen LogP contribution in [0.5, 0.6) is 0 Å². The third-order valence-corrected chi connectivity index (χ3v) is 3.36. The molecule has 98 valence electrons. The Labute approximate surface area is 103 Å². The van der Waals surface area contributed by atoms with Crippen molar-refractivity contribution < 1.29 is 14.3 Å². The SMILES string of the molecule is COC(=O)C1(C(=O)N(C)CCCC(C)C)CC1. The highest BCUT2D eigenvalue weighted by atomic mass is 16.5. The van der Waals surface area contributed by atoms with Crippen molar-refractivity contribution in [1.82, 2.24) is 4.90 Å². The summed E-state index contributed by atoms with van der Waals surface area (Å²) in [4.78, 5) is 25.4. The molecule has 0 radical (unpaired) electrons. The van der Waals surface area contributed by atoms with Gasteiger partial charge in [-0.3, -0.25) is 9.59 Å². The molecule has 0 unspecified atom stereocenters. The van der Waals surface area contributed by atoms with Crippen LogP contribution in [-0.4, -0.2) is 37.5 Å². The smallest absolute Gasteiger partial charge is 0.321 e. The van der Waals surface area contributed by atoms with Crippen molar-refractivity contribution >= 4 is 11.9 Å². The molecule has 1 amide bonds. The number of hydrogen-bond donors (Lipinski definition) is 0. The number of hydrogen-bond acceptors (Lipinski definition) is 3. The molecule has 0 aromatic heterocycles. The van der Waals surface area contributed by atoms with Crippen LogP contribution in [0.4, 0.5) is 0 Å². The van der Waals surface area contributed by atoms with Crippen LogP contribution in [0, 0.1) is 11.3 Å². The van der Waals surface area contributed by atoms with E-state index >= 15 is 0 Å². The van der Waals surface area contributed by atoms with Crippen LogP contribution >= 0.6 is 0 Å². The van der Waals surface area contributed by atoms with Crippen molar-refractivity contribution in [2.24, 2.45) is 11.3 Å². The first kappa shape index (κ1) is 14.0. The van der Waals surface area contributed by atoms with Crippen LogP contribution in [0.15, 0.2) is 0 Å². The monoisotopic (exact) mass is 241 g/mol. The van der Waals surface area contributed by atoms with Crippen molar-refractivity contribution in [2.75, 3.05) is 20.7 Å². The average molecular weight is 241 g/mol. The number of carbonyl (C=O) groups is 2. The Hall–Kier alpha value is -1.06. The van der Waals surface area contributed by atoms with Crippen LogP contribution in [-0.2, 0) is 14.3 Å². The number of amides is 1. The van der Waals surface area contributed by atoms with Crippen molar-refractivity contribution in [3.05, 3.63) is 0 Å². The van der Waals surface area contributed by atoms with Gasteiger partial charge in [-0.15, -0.1) is 0 Å². The lowest BCUT2D eigenvalue weighted by molar-refractivity contribution is -0.155. The minimum atomic E-state index is -0.846. The number of rotatable bonds is 6. The summed E-state index contributed by atoms with van der Waals surface area (Å²) in [6.45, 7) is 5.05. The Morgan fingerprint density at radius 1 is 1.35 bits per heavy atom. The molecule has 0 aromatic rings. The molecule has 1 rings (SSSR count). The minimum Gasteiger partial charge on any atom is -0.468 e. The Bertz CT molecular complexity index is 295. The molecule has 0 aliphatic heterocycles. The minimum absolute atomic E-state index is 0.0758. The van der Waals surface area contributed by atoms with E-state index in [-0.39, 0.29) is 11.9 Å². The third kappa shape index (κ3) is 3.20. The first-order valence-corrected chi connectivity index (χ1v) is 6.28. The van der Waals surface area contributed by atoms with E-state index in [1.54, 1.807) is 11.9 Å². The second kappa shape index (κ2) is 5.52. The molecule has 1 fully saturated rings. The molecule has 0 bridgehead atoms. The Balaban J connectivity index is 2.44. The fraction of sp³-hybridized carbons (Fsp3) is 0.846. The highest BCUT2D eigenvalue weighted by Gasteiger charge is 2.58. The standard InChI is InChI=1S/C13H23NO3/c1-10(2)6-5-9-14(3)11(15)13(7-8-13)12(16)17-4/h10H,5-9H2,1-4H3. The molecule has 4 nitrogen and oxygen atoms in total. The maximum Gasteiger partial charge on any atom is 0.321 e. The van der Waals surface area contributed by atoms with Crippen molar-refractivity contribution in [1.29, 1.82) is 0 Å². The molecule has 0 atom stereocenters. The van der Waals surface area contributed by atoms with Crippen molar-refractivity contribution in [2.45, 2.75) is 39.5 Å². The van der Waals surface area contributed by atoms with Gasteiger partial charge in [-0.25, -0.2) is 0 Å². The second-order valence-corrected chi connectivity index (χ2v) is 5.34. The highest BCUT2D eigenvalue weighted by molar-refractivity contribution is 6.05. The number of nitrogens with zero attached hydrogens (tertiary/aromatic N) is 1. The molecule has 0 spiro atoms. The first-order valence-electron chi connectivity index (χ1n) is 6.28. The maximum absolute atomic E-state index is 12.1. The number of esters is 1. The Morgan fingerprint density at radius 2 is 1.94 bits per heavy atom. The van der Waals surface area contributed by atoms with Gasteiger partial charge in [0.25, 0.3) is 0 Å². The summed E-state index contributed by atoms with van der Waals surface area (Å²) in [6.07, 6.45) is 3.35. The fourth-order valence-corrected chi connectivity index (χ4v) is 2.03. The molecule has 17 heavy (non-hydrogen) atoms. The summed E-state index contributed by atoms with van der Waals surface area (Å²) >= 11 is 0. The Kier molecular flexibility index (Phi) is 4.54. The van der Waals surface area contributed by atoms with E-state index in [0.29, 0.717) is 18.8 Å². The topological polar surface area (TPSA) is 46.6 Å². The van der Waals surface area contributed by atoms with E-state index in [9.17, 15) is 9.59 Å². The molecule has 1 aliphatic rings. The van der Waals surface area contributed by atoms with Gasteiger partial charge in [0.2, 0.25) is 5.91 Å². The summed E-state index contributed by atoms with van der Waals surface area (Å²) < 4.78 is 4.71. The number of methoxy groups -OCH3 is 1. The molecule has 4 heteroatoms. The van der Waals surface area contributed by atoms with Gasteiger partial charge in [0.15, 0.2) is 0 Å². The van der Waals surface area contributed by atoms with Gasteiger partial charge < -0.3 is 9.64 Å². The second-order valence-electron chi connectivity index (χ2n) is 5.34. The van der Waals surface area contributed by atoms with Gasteiger partial charge in [0.1, 0.15) is 5.41 Å². The predicted octanol–water partition coefficient (Wildman–Crippen LogP) is 1.83. The molecule has 1 aliphatic carbocycles. The third-order valence-electron chi connectivity index (χ3n) is 3.36. The van der Waals surface area contributed by atoms with E-state index in [2.05, 4.69) is 13.8 Å². The van der Waals surface area contributed by atoms with Gasteiger partial charge in [0.05, 0.1) is 7.11 Å². The summed E-state index contributed by atoms with van der Waals surface area (Å²) in [6, 6.07) is 0. The fourth-order valence-electron chi connectivity index (χ4n) is 2.03. The zero-order chi connectivity index (χ0) is 13.1. The average Bonchev–Trinajstić information content (AvgIpc) is 3.07. The summed E-state index contributed by atoms with van der Waals surface area (Å²) in [7, 11) is 3.11. The van der Waals surface area contributed by atoms with Gasteiger partial charge in [-0.05, 0) is 31.6 Å². The molecular formula is C13H23NO3.